The second kappa shape index (κ2) is 6.77. The van der Waals surface area contributed by atoms with Crippen molar-refractivity contribution in [3.63, 3.8) is 0 Å². The zero-order valence-corrected chi connectivity index (χ0v) is 15.2. The largest absolute Gasteiger partial charge is 0.457 e. The van der Waals surface area contributed by atoms with Gasteiger partial charge in [0.2, 0.25) is 0 Å². The van der Waals surface area contributed by atoms with Crippen LogP contribution in [0, 0.1) is 0 Å². The second-order valence-corrected chi connectivity index (χ2v) is 8.84. The van der Waals surface area contributed by atoms with E-state index >= 15 is 0 Å². The Balaban J connectivity index is 2.06. The van der Waals surface area contributed by atoms with E-state index in [0.717, 1.165) is 11.8 Å². The highest BCUT2D eigenvalue weighted by atomic mass is 32.2. The van der Waals surface area contributed by atoms with Crippen LogP contribution in [0.4, 0.5) is 0 Å². The zero-order valence-electron chi connectivity index (χ0n) is 14.4. The summed E-state index contributed by atoms with van der Waals surface area (Å²) in [6.07, 6.45) is 1.11. The minimum absolute atomic E-state index is 0.0707. The first kappa shape index (κ1) is 18.2. The van der Waals surface area contributed by atoms with Crippen LogP contribution in [0.15, 0.2) is 53.4 Å². The van der Waals surface area contributed by atoms with Crippen LogP contribution < -0.4 is 0 Å². The van der Waals surface area contributed by atoms with Crippen molar-refractivity contribution in [2.45, 2.75) is 37.7 Å². The average molecular weight is 346 g/mol. The summed E-state index contributed by atoms with van der Waals surface area (Å²) in [5.74, 6) is -0.541. The molecule has 2 rings (SSSR count). The van der Waals surface area contributed by atoms with Gasteiger partial charge in [-0.1, -0.05) is 51.1 Å². The number of hydrogen-bond donors (Lipinski definition) is 0. The predicted molar refractivity (Wildman–Crippen MR) is 93.8 cm³/mol. The van der Waals surface area contributed by atoms with Crippen molar-refractivity contribution in [2.24, 2.45) is 0 Å². The first-order valence-corrected chi connectivity index (χ1v) is 9.53. The summed E-state index contributed by atoms with van der Waals surface area (Å²) in [4.78, 5) is 12.2. The molecule has 2 aromatic rings. The third kappa shape index (κ3) is 4.68. The molecule has 0 aliphatic carbocycles. The minimum atomic E-state index is -3.35. The molecule has 0 radical (unpaired) electrons. The molecule has 128 valence electrons. The number of carbonyl (C=O) groups excluding carboxylic acids is 1. The maximum atomic E-state index is 12.1. The van der Waals surface area contributed by atoms with Gasteiger partial charge in [0.1, 0.15) is 6.61 Å². The fraction of sp³-hybridized carbons (Fsp3) is 0.316. The highest BCUT2D eigenvalue weighted by Gasteiger charge is 2.14. The minimum Gasteiger partial charge on any atom is -0.457 e. The number of benzene rings is 2. The molecule has 0 saturated carbocycles. The summed E-state index contributed by atoms with van der Waals surface area (Å²) in [7, 11) is -3.35. The van der Waals surface area contributed by atoms with Gasteiger partial charge >= 0.3 is 5.97 Å². The Labute approximate surface area is 143 Å². The van der Waals surface area contributed by atoms with Crippen molar-refractivity contribution in [1.29, 1.82) is 0 Å². The summed E-state index contributed by atoms with van der Waals surface area (Å²) in [6, 6.07) is 13.8. The van der Waals surface area contributed by atoms with Gasteiger partial charge in [-0.15, -0.1) is 0 Å². The Morgan fingerprint density at radius 3 is 2.21 bits per heavy atom. The number of rotatable bonds is 4. The van der Waals surface area contributed by atoms with Crippen LogP contribution in [0.2, 0.25) is 0 Å². The van der Waals surface area contributed by atoms with Gasteiger partial charge in [-0.3, -0.25) is 0 Å². The van der Waals surface area contributed by atoms with Crippen LogP contribution in [0.1, 0.15) is 42.3 Å². The molecule has 2 aromatic carbocycles. The Morgan fingerprint density at radius 1 is 1.04 bits per heavy atom. The molecule has 0 unspecified atom stereocenters. The Hall–Kier alpha value is -2.14. The third-order valence-corrected chi connectivity index (χ3v) is 4.80. The molecule has 0 N–H and O–H groups in total. The Morgan fingerprint density at radius 2 is 1.67 bits per heavy atom. The molecule has 0 aromatic heterocycles. The molecule has 0 aliphatic heterocycles. The second-order valence-electron chi connectivity index (χ2n) is 6.82. The van der Waals surface area contributed by atoms with Gasteiger partial charge in [0.15, 0.2) is 9.84 Å². The lowest BCUT2D eigenvalue weighted by atomic mass is 9.87. The molecule has 0 aliphatic rings. The van der Waals surface area contributed by atoms with Gasteiger partial charge < -0.3 is 4.74 Å². The molecular formula is C19H22O4S. The quantitative estimate of drug-likeness (QED) is 0.791. The van der Waals surface area contributed by atoms with Crippen LogP contribution in [-0.2, 0) is 26.6 Å². The summed E-state index contributed by atoms with van der Waals surface area (Å²) < 4.78 is 28.4. The average Bonchev–Trinajstić information content (AvgIpc) is 2.51. The number of ether oxygens (including phenoxy) is 1. The number of sulfone groups is 1. The van der Waals surface area contributed by atoms with E-state index in [2.05, 4.69) is 20.8 Å². The normalized spacial score (nSPS) is 12.0. The van der Waals surface area contributed by atoms with Gasteiger partial charge in [0.25, 0.3) is 0 Å². The van der Waals surface area contributed by atoms with E-state index < -0.39 is 15.8 Å². The fourth-order valence-electron chi connectivity index (χ4n) is 2.19. The fourth-order valence-corrected chi connectivity index (χ4v) is 2.85. The van der Waals surface area contributed by atoms with E-state index in [1.807, 2.05) is 24.3 Å². The van der Waals surface area contributed by atoms with Gasteiger partial charge in [-0.05, 0) is 34.7 Å². The van der Waals surface area contributed by atoms with Gasteiger partial charge in [0, 0.05) is 6.26 Å². The van der Waals surface area contributed by atoms with Gasteiger partial charge in [-0.2, -0.15) is 0 Å². The van der Waals surface area contributed by atoms with E-state index in [1.165, 1.54) is 23.8 Å². The smallest absolute Gasteiger partial charge is 0.338 e. The lowest BCUT2D eigenvalue weighted by Crippen LogP contribution is -2.11. The van der Waals surface area contributed by atoms with Crippen molar-refractivity contribution in [3.05, 3.63) is 65.2 Å². The van der Waals surface area contributed by atoms with Crippen LogP contribution in [0.3, 0.4) is 0 Å². The maximum absolute atomic E-state index is 12.1. The molecule has 0 spiro atoms. The summed E-state index contributed by atoms with van der Waals surface area (Å²) >= 11 is 0. The molecule has 0 bridgehead atoms. The van der Waals surface area contributed by atoms with Crippen LogP contribution in [0.5, 0.6) is 0 Å². The summed E-state index contributed by atoms with van der Waals surface area (Å²) in [6.45, 7) is 6.55. The first-order valence-electron chi connectivity index (χ1n) is 7.64. The Kier molecular flexibility index (Phi) is 5.13. The molecule has 5 heteroatoms. The molecule has 0 saturated heterocycles. The lowest BCUT2D eigenvalue weighted by Gasteiger charge is -2.19. The van der Waals surface area contributed by atoms with Crippen LogP contribution >= 0.6 is 0 Å². The topological polar surface area (TPSA) is 60.4 Å². The highest BCUT2D eigenvalue weighted by Crippen LogP contribution is 2.22. The molecule has 0 atom stereocenters. The SMILES string of the molecule is CC(C)(C)c1ccc(COC(=O)c2cccc(S(C)(=O)=O)c2)cc1. The van der Waals surface area contributed by atoms with E-state index in [1.54, 1.807) is 6.07 Å². The van der Waals surface area contributed by atoms with Gasteiger partial charge in [0.05, 0.1) is 10.5 Å². The van der Waals surface area contributed by atoms with Crippen molar-refractivity contribution >= 4 is 15.8 Å². The van der Waals surface area contributed by atoms with Crippen LogP contribution in [0.25, 0.3) is 0 Å². The monoisotopic (exact) mass is 346 g/mol. The summed E-state index contributed by atoms with van der Waals surface area (Å²) in [5.41, 5.74) is 2.39. The summed E-state index contributed by atoms with van der Waals surface area (Å²) in [5, 5.41) is 0. The van der Waals surface area contributed by atoms with Crippen LogP contribution in [-0.4, -0.2) is 20.6 Å². The van der Waals surface area contributed by atoms with E-state index in [0.29, 0.717) is 0 Å². The lowest BCUT2D eigenvalue weighted by molar-refractivity contribution is 0.0472. The standard InChI is InChI=1S/C19H22O4S/c1-19(2,3)16-10-8-14(9-11-16)13-23-18(20)15-6-5-7-17(12-15)24(4,21)22/h5-12H,13H2,1-4H3. The van der Waals surface area contributed by atoms with Crippen molar-refractivity contribution in [3.8, 4) is 0 Å². The number of carbonyl (C=O) groups is 1. The number of esters is 1. The molecule has 4 nitrogen and oxygen atoms in total. The molecule has 0 heterocycles. The molecule has 24 heavy (non-hydrogen) atoms. The van der Waals surface area contributed by atoms with E-state index in [9.17, 15) is 13.2 Å². The van der Waals surface area contributed by atoms with Crippen molar-refractivity contribution in [1.82, 2.24) is 0 Å². The van der Waals surface area contributed by atoms with Crippen molar-refractivity contribution in [2.75, 3.05) is 6.26 Å². The van der Waals surface area contributed by atoms with Gasteiger partial charge in [-0.25, -0.2) is 13.2 Å². The zero-order chi connectivity index (χ0) is 18.0. The Bertz CT molecular complexity index is 828. The molecule has 0 amide bonds. The highest BCUT2D eigenvalue weighted by molar-refractivity contribution is 7.90. The predicted octanol–water partition coefficient (Wildman–Crippen LogP) is 3.74. The first-order chi connectivity index (χ1) is 11.1. The van der Waals surface area contributed by atoms with E-state index in [4.69, 9.17) is 4.74 Å². The maximum Gasteiger partial charge on any atom is 0.338 e. The number of hydrogen-bond acceptors (Lipinski definition) is 4. The molecular weight excluding hydrogens is 324 g/mol. The molecule has 0 fully saturated rings. The van der Waals surface area contributed by atoms with E-state index in [-0.39, 0.29) is 22.5 Å². The third-order valence-electron chi connectivity index (χ3n) is 3.69. The van der Waals surface area contributed by atoms with Crippen molar-refractivity contribution < 1.29 is 17.9 Å².